The van der Waals surface area contributed by atoms with Crippen molar-refractivity contribution in [1.29, 1.82) is 5.26 Å². The number of amides is 1. The van der Waals surface area contributed by atoms with Crippen LogP contribution in [0.3, 0.4) is 0 Å². The van der Waals surface area contributed by atoms with Crippen LogP contribution in [0.4, 0.5) is 0 Å². The van der Waals surface area contributed by atoms with Crippen LogP contribution in [0.5, 0.6) is 0 Å². The molecule has 0 aromatic heterocycles. The van der Waals surface area contributed by atoms with Crippen molar-refractivity contribution in [1.82, 2.24) is 10.2 Å². The minimum atomic E-state index is 0.0447. The molecule has 3 rings (SSSR count). The van der Waals surface area contributed by atoms with E-state index in [4.69, 9.17) is 5.26 Å². The van der Waals surface area contributed by atoms with Gasteiger partial charge in [-0.2, -0.15) is 5.26 Å². The summed E-state index contributed by atoms with van der Waals surface area (Å²) in [5.41, 5.74) is 1.28. The number of likely N-dealkylation sites (tertiary alicyclic amines) is 1. The Morgan fingerprint density at radius 3 is 2.84 bits per heavy atom. The van der Waals surface area contributed by atoms with Crippen LogP contribution in [0.25, 0.3) is 0 Å². The van der Waals surface area contributed by atoms with Crippen LogP contribution in [0.15, 0.2) is 30.3 Å². The Bertz CT molecular complexity index is 508. The fraction of sp³-hybridized carbons (Fsp3) is 0.467. The summed E-state index contributed by atoms with van der Waals surface area (Å²) in [6.07, 6.45) is 0.423. The molecule has 2 aliphatic rings. The first-order valence-electron chi connectivity index (χ1n) is 6.71. The monoisotopic (exact) mass is 255 g/mol. The van der Waals surface area contributed by atoms with Crippen LogP contribution in [0, 0.1) is 23.2 Å². The molecule has 2 saturated heterocycles. The molecule has 98 valence electrons. The summed E-state index contributed by atoms with van der Waals surface area (Å²) in [6.45, 7) is 2.61. The van der Waals surface area contributed by atoms with Gasteiger partial charge in [0.25, 0.3) is 0 Å². The lowest BCUT2D eigenvalue weighted by molar-refractivity contribution is -0.122. The second-order valence-electron chi connectivity index (χ2n) is 5.43. The minimum absolute atomic E-state index is 0.0447. The lowest BCUT2D eigenvalue weighted by atomic mass is 9.92. The molecule has 0 saturated carbocycles. The Morgan fingerprint density at radius 1 is 1.32 bits per heavy atom. The molecule has 1 aromatic rings. The average Bonchev–Trinajstić information content (AvgIpc) is 2.93. The van der Waals surface area contributed by atoms with Gasteiger partial charge < -0.3 is 5.32 Å². The molecule has 1 N–H and O–H groups in total. The molecule has 2 aliphatic heterocycles. The van der Waals surface area contributed by atoms with Gasteiger partial charge in [0.1, 0.15) is 0 Å². The van der Waals surface area contributed by atoms with E-state index in [0.717, 1.165) is 19.6 Å². The van der Waals surface area contributed by atoms with Crippen molar-refractivity contribution >= 4 is 5.91 Å². The van der Waals surface area contributed by atoms with Crippen LogP contribution in [0.1, 0.15) is 12.0 Å². The maximum atomic E-state index is 11.9. The highest BCUT2D eigenvalue weighted by atomic mass is 16.2. The van der Waals surface area contributed by atoms with E-state index in [1.807, 2.05) is 18.2 Å². The van der Waals surface area contributed by atoms with Crippen LogP contribution >= 0.6 is 0 Å². The first-order chi connectivity index (χ1) is 9.28. The van der Waals surface area contributed by atoms with E-state index in [2.05, 4.69) is 28.4 Å². The number of carbonyl (C=O) groups is 1. The fourth-order valence-corrected chi connectivity index (χ4v) is 3.27. The SMILES string of the molecule is N#CC[C@H]1NC(=O)[C@@H]2CN(Cc3ccccc3)C[C@H]12. The standard InChI is InChI=1S/C15H17N3O/c16-7-6-14-12-9-18(10-13(12)15(19)17-14)8-11-4-2-1-3-5-11/h1-5,12-14H,6,8-10H2,(H,17,19)/t12-,13+,14+/m0/s1. The van der Waals surface area contributed by atoms with Crippen LogP contribution in [-0.2, 0) is 11.3 Å². The first-order valence-corrected chi connectivity index (χ1v) is 6.71. The fourth-order valence-electron chi connectivity index (χ4n) is 3.27. The van der Waals surface area contributed by atoms with Crippen molar-refractivity contribution in [2.75, 3.05) is 13.1 Å². The summed E-state index contributed by atoms with van der Waals surface area (Å²) in [7, 11) is 0. The number of hydrogen-bond acceptors (Lipinski definition) is 3. The molecular weight excluding hydrogens is 238 g/mol. The highest BCUT2D eigenvalue weighted by Crippen LogP contribution is 2.33. The van der Waals surface area contributed by atoms with Gasteiger partial charge in [0.05, 0.1) is 18.4 Å². The second-order valence-corrected chi connectivity index (χ2v) is 5.43. The van der Waals surface area contributed by atoms with Crippen LogP contribution < -0.4 is 5.32 Å². The van der Waals surface area contributed by atoms with E-state index in [1.54, 1.807) is 0 Å². The van der Waals surface area contributed by atoms with Gasteiger partial charge in [-0.05, 0) is 5.56 Å². The number of benzene rings is 1. The van der Waals surface area contributed by atoms with Gasteiger partial charge in [-0.3, -0.25) is 9.69 Å². The number of carbonyl (C=O) groups excluding carboxylic acids is 1. The molecule has 4 heteroatoms. The number of hydrogen-bond donors (Lipinski definition) is 1. The number of nitriles is 1. The van der Waals surface area contributed by atoms with Crippen molar-refractivity contribution in [2.24, 2.45) is 11.8 Å². The quantitative estimate of drug-likeness (QED) is 0.881. The molecule has 0 unspecified atom stereocenters. The van der Waals surface area contributed by atoms with Crippen molar-refractivity contribution in [3.8, 4) is 6.07 Å². The molecule has 4 nitrogen and oxygen atoms in total. The topological polar surface area (TPSA) is 56.1 Å². The Morgan fingerprint density at radius 2 is 2.11 bits per heavy atom. The summed E-state index contributed by atoms with van der Waals surface area (Å²) in [5.74, 6) is 0.499. The predicted molar refractivity (Wildman–Crippen MR) is 70.9 cm³/mol. The maximum Gasteiger partial charge on any atom is 0.225 e. The summed E-state index contributed by atoms with van der Waals surface area (Å²) < 4.78 is 0. The third-order valence-electron chi connectivity index (χ3n) is 4.18. The van der Waals surface area contributed by atoms with Crippen molar-refractivity contribution < 1.29 is 4.79 Å². The zero-order valence-corrected chi connectivity index (χ0v) is 10.7. The summed E-state index contributed by atoms with van der Waals surface area (Å²) in [4.78, 5) is 14.2. The summed E-state index contributed by atoms with van der Waals surface area (Å²) in [6, 6.07) is 12.5. The zero-order chi connectivity index (χ0) is 13.2. The van der Waals surface area contributed by atoms with Gasteiger partial charge in [0.2, 0.25) is 5.91 Å². The number of rotatable bonds is 3. The largest absolute Gasteiger partial charge is 0.352 e. The van der Waals surface area contributed by atoms with Crippen LogP contribution in [0.2, 0.25) is 0 Å². The zero-order valence-electron chi connectivity index (χ0n) is 10.7. The third kappa shape index (κ3) is 2.34. The van der Waals surface area contributed by atoms with Crippen LogP contribution in [-0.4, -0.2) is 29.9 Å². The highest BCUT2D eigenvalue weighted by molar-refractivity contribution is 5.82. The highest BCUT2D eigenvalue weighted by Gasteiger charge is 2.47. The van der Waals surface area contributed by atoms with E-state index >= 15 is 0 Å². The molecule has 19 heavy (non-hydrogen) atoms. The Hall–Kier alpha value is -1.86. The summed E-state index contributed by atoms with van der Waals surface area (Å²) >= 11 is 0. The second kappa shape index (κ2) is 5.02. The molecule has 1 aromatic carbocycles. The maximum absolute atomic E-state index is 11.9. The van der Waals surface area contributed by atoms with E-state index in [-0.39, 0.29) is 17.9 Å². The smallest absolute Gasteiger partial charge is 0.225 e. The molecule has 0 spiro atoms. The molecular formula is C15H17N3O. The number of nitrogens with one attached hydrogen (secondary N) is 1. The lowest BCUT2D eigenvalue weighted by Crippen LogP contribution is -2.34. The number of nitrogens with zero attached hydrogens (tertiary/aromatic N) is 2. The van der Waals surface area contributed by atoms with E-state index < -0.39 is 0 Å². The number of fused-ring (bicyclic) bond motifs is 1. The predicted octanol–water partition coefficient (Wildman–Crippen LogP) is 1.15. The van der Waals surface area contributed by atoms with Crippen molar-refractivity contribution in [2.45, 2.75) is 19.0 Å². The van der Waals surface area contributed by atoms with Crippen molar-refractivity contribution in [3.63, 3.8) is 0 Å². The lowest BCUT2D eigenvalue weighted by Gasteiger charge is -2.19. The molecule has 2 fully saturated rings. The molecule has 0 bridgehead atoms. The van der Waals surface area contributed by atoms with Gasteiger partial charge >= 0.3 is 0 Å². The van der Waals surface area contributed by atoms with Gasteiger partial charge in [-0.15, -0.1) is 0 Å². The third-order valence-corrected chi connectivity index (χ3v) is 4.18. The molecule has 1 amide bonds. The minimum Gasteiger partial charge on any atom is -0.352 e. The van der Waals surface area contributed by atoms with E-state index in [0.29, 0.717) is 12.3 Å². The first kappa shape index (κ1) is 12.2. The Labute approximate surface area is 113 Å². The van der Waals surface area contributed by atoms with Gasteiger partial charge in [0, 0.05) is 31.6 Å². The Kier molecular flexibility index (Phi) is 3.22. The van der Waals surface area contributed by atoms with Gasteiger partial charge in [-0.1, -0.05) is 30.3 Å². The molecule has 3 atom stereocenters. The Balaban J connectivity index is 1.67. The van der Waals surface area contributed by atoms with Crippen molar-refractivity contribution in [3.05, 3.63) is 35.9 Å². The van der Waals surface area contributed by atoms with Gasteiger partial charge in [-0.25, -0.2) is 0 Å². The average molecular weight is 255 g/mol. The molecule has 0 aliphatic carbocycles. The molecule has 2 heterocycles. The normalized spacial score (nSPS) is 29.8. The van der Waals surface area contributed by atoms with E-state index in [1.165, 1.54) is 5.56 Å². The van der Waals surface area contributed by atoms with E-state index in [9.17, 15) is 4.79 Å². The summed E-state index contributed by atoms with van der Waals surface area (Å²) in [5, 5.41) is 11.8. The molecule has 0 radical (unpaired) electrons. The van der Waals surface area contributed by atoms with Gasteiger partial charge in [0.15, 0.2) is 0 Å².